The van der Waals surface area contributed by atoms with Crippen LogP contribution in [0.25, 0.3) is 0 Å². The van der Waals surface area contributed by atoms with Crippen LogP contribution in [-0.2, 0) is 6.42 Å². The summed E-state index contributed by atoms with van der Waals surface area (Å²) < 4.78 is 0. The van der Waals surface area contributed by atoms with Crippen molar-refractivity contribution in [2.75, 3.05) is 13.6 Å². The van der Waals surface area contributed by atoms with Crippen LogP contribution in [-0.4, -0.2) is 13.6 Å². The van der Waals surface area contributed by atoms with Crippen LogP contribution in [0.3, 0.4) is 0 Å². The highest BCUT2D eigenvalue weighted by atomic mass is 15.1. The van der Waals surface area contributed by atoms with Gasteiger partial charge in [-0.25, -0.2) is 0 Å². The van der Waals surface area contributed by atoms with E-state index in [1.54, 1.807) is 0 Å². The fraction of sp³-hybridized carbons (Fsp3) is 0.385. The Bertz CT molecular complexity index is 342. The Morgan fingerprint density at radius 2 is 2.00 bits per heavy atom. The molecule has 2 heteroatoms. The highest BCUT2D eigenvalue weighted by molar-refractivity contribution is 5.30. The highest BCUT2D eigenvalue weighted by Crippen LogP contribution is 2.09. The highest BCUT2D eigenvalue weighted by Gasteiger charge is 1.96. The molecule has 2 N–H and O–H groups in total. The molecule has 0 aromatic heterocycles. The van der Waals surface area contributed by atoms with Gasteiger partial charge in [0.1, 0.15) is 0 Å². The number of rotatable bonds is 5. The predicted octanol–water partition coefficient (Wildman–Crippen LogP) is 2.13. The molecule has 1 aromatic rings. The Labute approximate surface area is 92.4 Å². The second kappa shape index (κ2) is 5.44. The molecule has 0 heterocycles. The van der Waals surface area contributed by atoms with Gasteiger partial charge >= 0.3 is 0 Å². The van der Waals surface area contributed by atoms with Gasteiger partial charge < -0.3 is 10.6 Å². The molecule has 0 atom stereocenters. The van der Waals surface area contributed by atoms with Gasteiger partial charge in [-0.3, -0.25) is 0 Å². The number of hydrogen-bond donors (Lipinski definition) is 2. The first-order valence-corrected chi connectivity index (χ1v) is 5.30. The maximum absolute atomic E-state index is 3.81. The molecule has 15 heavy (non-hydrogen) atoms. The van der Waals surface area contributed by atoms with E-state index < -0.39 is 0 Å². The van der Waals surface area contributed by atoms with Crippen LogP contribution in [0.4, 0.5) is 0 Å². The zero-order valence-corrected chi connectivity index (χ0v) is 9.85. The van der Waals surface area contributed by atoms with E-state index in [9.17, 15) is 0 Å². The summed E-state index contributed by atoms with van der Waals surface area (Å²) in [6.45, 7) is 9.02. The predicted molar refractivity (Wildman–Crippen MR) is 65.8 cm³/mol. The van der Waals surface area contributed by atoms with E-state index in [0.717, 1.165) is 18.8 Å². The molecule has 0 fully saturated rings. The van der Waals surface area contributed by atoms with E-state index in [-0.39, 0.29) is 0 Å². The summed E-state index contributed by atoms with van der Waals surface area (Å²) in [7, 11) is 1.87. The fourth-order valence-electron chi connectivity index (χ4n) is 1.41. The average molecular weight is 204 g/mol. The molecule has 0 aliphatic heterocycles. The molecule has 0 bridgehead atoms. The fourth-order valence-corrected chi connectivity index (χ4v) is 1.41. The molecular formula is C13H20N2. The van der Waals surface area contributed by atoms with Crippen LogP contribution in [0.5, 0.6) is 0 Å². The lowest BCUT2D eigenvalue weighted by Crippen LogP contribution is -2.24. The molecule has 2 nitrogen and oxygen atoms in total. The summed E-state index contributed by atoms with van der Waals surface area (Å²) in [6.07, 6.45) is 1.03. The summed E-state index contributed by atoms with van der Waals surface area (Å²) >= 11 is 0. The summed E-state index contributed by atoms with van der Waals surface area (Å²) in [4.78, 5) is 0. The topological polar surface area (TPSA) is 24.1 Å². The van der Waals surface area contributed by atoms with Crippen molar-refractivity contribution in [1.29, 1.82) is 0 Å². The smallest absolute Gasteiger partial charge is 0.0909 e. The van der Waals surface area contributed by atoms with E-state index in [1.165, 1.54) is 16.7 Å². The van der Waals surface area contributed by atoms with Crippen molar-refractivity contribution in [3.63, 3.8) is 0 Å². The molecule has 0 unspecified atom stereocenters. The molecule has 0 radical (unpaired) electrons. The average Bonchev–Trinajstić information content (AvgIpc) is 2.23. The Balaban J connectivity index is 2.44. The number of aryl methyl sites for hydroxylation is 2. The van der Waals surface area contributed by atoms with Gasteiger partial charge in [-0.05, 0) is 37.0 Å². The minimum absolute atomic E-state index is 0.874. The summed E-state index contributed by atoms with van der Waals surface area (Å²) in [5.41, 5.74) is 4.08. The lowest BCUT2D eigenvalue weighted by molar-refractivity contribution is 0.731. The molecule has 0 spiro atoms. The molecule has 0 amide bonds. The van der Waals surface area contributed by atoms with Crippen molar-refractivity contribution < 1.29 is 0 Å². The molecule has 0 aliphatic carbocycles. The first-order valence-electron chi connectivity index (χ1n) is 5.30. The molecule has 1 rings (SSSR count). The van der Waals surface area contributed by atoms with Gasteiger partial charge in [0.2, 0.25) is 0 Å². The molecule has 0 saturated heterocycles. The monoisotopic (exact) mass is 204 g/mol. The van der Waals surface area contributed by atoms with Crippen molar-refractivity contribution in [1.82, 2.24) is 10.6 Å². The van der Waals surface area contributed by atoms with Crippen molar-refractivity contribution in [3.05, 3.63) is 47.3 Å². The van der Waals surface area contributed by atoms with Gasteiger partial charge in [-0.2, -0.15) is 0 Å². The summed E-state index contributed by atoms with van der Waals surface area (Å²) in [6, 6.07) is 6.61. The minimum atomic E-state index is 0.874. The van der Waals surface area contributed by atoms with Gasteiger partial charge in [0.15, 0.2) is 0 Å². The molecule has 82 valence electrons. The lowest BCUT2D eigenvalue weighted by Gasteiger charge is -2.09. The van der Waals surface area contributed by atoms with Gasteiger partial charge in [0.05, 0.1) is 5.82 Å². The third-order valence-electron chi connectivity index (χ3n) is 2.63. The van der Waals surface area contributed by atoms with E-state index >= 15 is 0 Å². The second-order valence-corrected chi connectivity index (χ2v) is 3.82. The second-order valence-electron chi connectivity index (χ2n) is 3.82. The standard InChI is InChI=1S/C13H20N2/c1-10-5-6-13(9-11(10)2)7-8-15-12(3)14-4/h5-6,9,14-15H,3,7-8H2,1-2,4H3. The van der Waals surface area contributed by atoms with E-state index in [1.807, 2.05) is 7.05 Å². The van der Waals surface area contributed by atoms with Crippen LogP contribution in [0, 0.1) is 13.8 Å². The molecule has 1 aromatic carbocycles. The Hall–Kier alpha value is -1.44. The van der Waals surface area contributed by atoms with Crippen LogP contribution in [0.2, 0.25) is 0 Å². The van der Waals surface area contributed by atoms with Crippen LogP contribution in [0.1, 0.15) is 16.7 Å². The first kappa shape index (κ1) is 11.6. The third-order valence-corrected chi connectivity index (χ3v) is 2.63. The van der Waals surface area contributed by atoms with Gasteiger partial charge in [0.25, 0.3) is 0 Å². The Morgan fingerprint density at radius 1 is 1.27 bits per heavy atom. The molecule has 0 aliphatic rings. The lowest BCUT2D eigenvalue weighted by atomic mass is 10.0. The zero-order chi connectivity index (χ0) is 11.3. The summed E-state index contributed by atoms with van der Waals surface area (Å²) in [5.74, 6) is 0.874. The zero-order valence-electron chi connectivity index (χ0n) is 9.85. The minimum Gasteiger partial charge on any atom is -0.375 e. The van der Waals surface area contributed by atoms with Gasteiger partial charge in [-0.15, -0.1) is 0 Å². The molecule has 0 saturated carbocycles. The largest absolute Gasteiger partial charge is 0.375 e. The molecular weight excluding hydrogens is 184 g/mol. The quantitative estimate of drug-likeness (QED) is 0.767. The van der Waals surface area contributed by atoms with Gasteiger partial charge in [0, 0.05) is 13.6 Å². The van der Waals surface area contributed by atoms with Crippen LogP contribution >= 0.6 is 0 Å². The first-order chi connectivity index (χ1) is 7.13. The van der Waals surface area contributed by atoms with Crippen molar-refractivity contribution in [2.45, 2.75) is 20.3 Å². The van der Waals surface area contributed by atoms with Crippen LogP contribution in [0.15, 0.2) is 30.6 Å². The maximum Gasteiger partial charge on any atom is 0.0909 e. The Kier molecular flexibility index (Phi) is 4.22. The van der Waals surface area contributed by atoms with Crippen molar-refractivity contribution in [3.8, 4) is 0 Å². The van der Waals surface area contributed by atoms with Crippen LogP contribution < -0.4 is 10.6 Å². The Morgan fingerprint density at radius 3 is 2.60 bits per heavy atom. The third kappa shape index (κ3) is 3.66. The van der Waals surface area contributed by atoms with E-state index in [2.05, 4.69) is 49.3 Å². The van der Waals surface area contributed by atoms with E-state index in [4.69, 9.17) is 0 Å². The van der Waals surface area contributed by atoms with Crippen molar-refractivity contribution in [2.24, 2.45) is 0 Å². The number of benzene rings is 1. The normalized spacial score (nSPS) is 9.80. The van der Waals surface area contributed by atoms with E-state index in [0.29, 0.717) is 0 Å². The van der Waals surface area contributed by atoms with Crippen molar-refractivity contribution >= 4 is 0 Å². The maximum atomic E-state index is 3.81. The SMILES string of the molecule is C=C(NC)NCCc1ccc(C)c(C)c1. The summed E-state index contributed by atoms with van der Waals surface area (Å²) in [5, 5.41) is 6.18. The van der Waals surface area contributed by atoms with Gasteiger partial charge in [-0.1, -0.05) is 24.8 Å². The number of hydrogen-bond acceptors (Lipinski definition) is 2. The number of nitrogens with one attached hydrogen (secondary N) is 2.